The van der Waals surface area contributed by atoms with Gasteiger partial charge in [-0.15, -0.1) is 0 Å². The van der Waals surface area contributed by atoms with Crippen LogP contribution in [-0.2, 0) is 6.54 Å². The molecule has 0 saturated heterocycles. The van der Waals surface area contributed by atoms with Crippen molar-refractivity contribution in [1.29, 1.82) is 0 Å². The van der Waals surface area contributed by atoms with Gasteiger partial charge in [0.1, 0.15) is 12.1 Å². The van der Waals surface area contributed by atoms with Crippen LogP contribution in [0.3, 0.4) is 0 Å². The van der Waals surface area contributed by atoms with E-state index in [-0.39, 0.29) is 5.91 Å². The van der Waals surface area contributed by atoms with Gasteiger partial charge < -0.3 is 4.74 Å². The topological polar surface area (TPSA) is 94.0 Å². The van der Waals surface area contributed by atoms with E-state index >= 15 is 0 Å². The molecule has 2 aromatic carbocycles. The van der Waals surface area contributed by atoms with Gasteiger partial charge in [-0.05, 0) is 29.8 Å². The third kappa shape index (κ3) is 3.61. The molecule has 2 heterocycles. The molecule has 0 aliphatic heterocycles. The first-order valence-corrected chi connectivity index (χ1v) is 8.65. The van der Waals surface area contributed by atoms with Gasteiger partial charge in [-0.1, -0.05) is 30.3 Å². The number of anilines is 1. The largest absolute Gasteiger partial charge is 0.497 e. The smallest absolute Gasteiger partial charge is 0.269 e. The van der Waals surface area contributed by atoms with Crippen LogP contribution in [0.4, 0.5) is 5.82 Å². The minimum atomic E-state index is -0.286. The highest BCUT2D eigenvalue weighted by Crippen LogP contribution is 2.19. The summed E-state index contributed by atoms with van der Waals surface area (Å²) >= 11 is 0. The zero-order valence-corrected chi connectivity index (χ0v) is 15.2. The van der Waals surface area contributed by atoms with E-state index in [2.05, 4.69) is 25.9 Å². The van der Waals surface area contributed by atoms with Gasteiger partial charge in [0.15, 0.2) is 11.5 Å². The van der Waals surface area contributed by atoms with E-state index < -0.39 is 0 Å². The van der Waals surface area contributed by atoms with Crippen molar-refractivity contribution in [3.63, 3.8) is 0 Å². The molecule has 0 aliphatic carbocycles. The molecular weight excluding hydrogens is 356 g/mol. The zero-order valence-electron chi connectivity index (χ0n) is 15.2. The zero-order chi connectivity index (χ0) is 19.3. The molecule has 0 unspecified atom stereocenters. The molecule has 0 bridgehead atoms. The number of fused-ring (bicyclic) bond motifs is 1. The van der Waals surface area contributed by atoms with Gasteiger partial charge in [-0.3, -0.25) is 15.6 Å². The number of nitrogens with one attached hydrogen (secondary N) is 2. The first-order chi connectivity index (χ1) is 13.7. The Balaban J connectivity index is 1.50. The van der Waals surface area contributed by atoms with E-state index in [1.54, 1.807) is 42.3 Å². The van der Waals surface area contributed by atoms with Crippen LogP contribution in [0.25, 0.3) is 11.0 Å². The number of amides is 1. The summed E-state index contributed by atoms with van der Waals surface area (Å²) in [6, 6.07) is 16.8. The number of ether oxygens (including phenoxy) is 1. The van der Waals surface area contributed by atoms with Crippen molar-refractivity contribution in [2.75, 3.05) is 12.5 Å². The minimum Gasteiger partial charge on any atom is -0.497 e. The Morgan fingerprint density at radius 3 is 2.61 bits per heavy atom. The Morgan fingerprint density at radius 2 is 1.86 bits per heavy atom. The molecule has 0 radical (unpaired) electrons. The molecule has 0 spiro atoms. The van der Waals surface area contributed by atoms with Gasteiger partial charge in [0.2, 0.25) is 0 Å². The Hall–Kier alpha value is -3.94. The Kier molecular flexibility index (Phi) is 4.83. The minimum absolute atomic E-state index is 0.286. The SMILES string of the molecule is COc1ccc(C(=O)NNc2ncnc3c2cnn3Cc2ccccc2)cc1. The predicted molar refractivity (Wildman–Crippen MR) is 105 cm³/mol. The molecular formula is C20H18N6O2. The number of carbonyl (C=O) groups is 1. The van der Waals surface area contributed by atoms with Crippen molar-refractivity contribution in [1.82, 2.24) is 25.2 Å². The van der Waals surface area contributed by atoms with Crippen LogP contribution < -0.4 is 15.6 Å². The van der Waals surface area contributed by atoms with Crippen molar-refractivity contribution >= 4 is 22.8 Å². The fourth-order valence-corrected chi connectivity index (χ4v) is 2.80. The van der Waals surface area contributed by atoms with Crippen LogP contribution in [0.5, 0.6) is 5.75 Å². The highest BCUT2D eigenvalue weighted by molar-refractivity contribution is 5.96. The second-order valence-corrected chi connectivity index (χ2v) is 6.06. The third-order valence-corrected chi connectivity index (χ3v) is 4.26. The maximum absolute atomic E-state index is 12.3. The standard InChI is InChI=1S/C20H18N6O2/c1-28-16-9-7-15(8-10-16)20(27)25-24-18-17-11-23-26(19(17)22-13-21-18)12-14-5-3-2-4-6-14/h2-11,13H,12H2,1H3,(H,25,27)(H,21,22,24). The number of benzene rings is 2. The first-order valence-electron chi connectivity index (χ1n) is 8.65. The summed E-state index contributed by atoms with van der Waals surface area (Å²) in [6.07, 6.45) is 3.12. The molecule has 8 heteroatoms. The number of carbonyl (C=O) groups excluding carboxylic acids is 1. The molecule has 0 saturated carbocycles. The average Bonchev–Trinajstić information content (AvgIpc) is 3.16. The lowest BCUT2D eigenvalue weighted by Crippen LogP contribution is -2.29. The monoisotopic (exact) mass is 374 g/mol. The molecule has 140 valence electrons. The van der Waals surface area contributed by atoms with E-state index in [0.717, 1.165) is 5.56 Å². The number of rotatable bonds is 6. The van der Waals surface area contributed by atoms with E-state index in [0.29, 0.717) is 34.7 Å². The first kappa shape index (κ1) is 17.5. The fourth-order valence-electron chi connectivity index (χ4n) is 2.80. The highest BCUT2D eigenvalue weighted by atomic mass is 16.5. The number of methoxy groups -OCH3 is 1. The molecule has 2 aromatic heterocycles. The summed E-state index contributed by atoms with van der Waals surface area (Å²) < 4.78 is 6.89. The molecule has 8 nitrogen and oxygen atoms in total. The summed E-state index contributed by atoms with van der Waals surface area (Å²) in [7, 11) is 1.58. The normalized spacial score (nSPS) is 10.6. The lowest BCUT2D eigenvalue weighted by Gasteiger charge is -2.09. The van der Waals surface area contributed by atoms with Crippen molar-refractivity contribution in [2.45, 2.75) is 6.54 Å². The van der Waals surface area contributed by atoms with Gasteiger partial charge in [-0.2, -0.15) is 5.10 Å². The van der Waals surface area contributed by atoms with Crippen LogP contribution in [0.2, 0.25) is 0 Å². The molecule has 2 N–H and O–H groups in total. The number of nitrogens with zero attached hydrogens (tertiary/aromatic N) is 4. The van der Waals surface area contributed by atoms with Crippen LogP contribution in [0.1, 0.15) is 15.9 Å². The summed E-state index contributed by atoms with van der Waals surface area (Å²) in [5.74, 6) is 0.880. The van der Waals surface area contributed by atoms with Crippen LogP contribution in [0.15, 0.2) is 67.1 Å². The number of hydrogen-bond acceptors (Lipinski definition) is 6. The molecule has 4 rings (SSSR count). The molecule has 1 amide bonds. The average molecular weight is 374 g/mol. The summed E-state index contributed by atoms with van der Waals surface area (Å²) in [6.45, 7) is 0.596. The molecule has 0 aliphatic rings. The van der Waals surface area contributed by atoms with Crippen molar-refractivity contribution in [3.05, 3.63) is 78.2 Å². The molecule has 0 fully saturated rings. The summed E-state index contributed by atoms with van der Waals surface area (Å²) in [5.41, 5.74) is 7.80. The summed E-state index contributed by atoms with van der Waals surface area (Å²) in [5, 5.41) is 5.12. The van der Waals surface area contributed by atoms with Crippen LogP contribution in [0, 0.1) is 0 Å². The second-order valence-electron chi connectivity index (χ2n) is 6.06. The van der Waals surface area contributed by atoms with Gasteiger partial charge in [0.05, 0.1) is 25.2 Å². The Bertz CT molecular complexity index is 1090. The maximum atomic E-state index is 12.3. The highest BCUT2D eigenvalue weighted by Gasteiger charge is 2.11. The molecule has 4 aromatic rings. The Labute approximate surface area is 161 Å². The third-order valence-electron chi connectivity index (χ3n) is 4.26. The summed E-state index contributed by atoms with van der Waals surface area (Å²) in [4.78, 5) is 20.9. The predicted octanol–water partition coefficient (Wildman–Crippen LogP) is 2.64. The number of hydrazine groups is 1. The second kappa shape index (κ2) is 7.75. The van der Waals surface area contributed by atoms with Gasteiger partial charge >= 0.3 is 0 Å². The van der Waals surface area contributed by atoms with E-state index in [1.165, 1.54) is 6.33 Å². The Morgan fingerprint density at radius 1 is 1.07 bits per heavy atom. The lowest BCUT2D eigenvalue weighted by atomic mass is 10.2. The number of hydrogen-bond donors (Lipinski definition) is 2. The van der Waals surface area contributed by atoms with Gasteiger partial charge in [-0.25, -0.2) is 14.6 Å². The fraction of sp³-hybridized carbons (Fsp3) is 0.100. The number of aromatic nitrogens is 4. The molecule has 0 atom stereocenters. The van der Waals surface area contributed by atoms with Crippen LogP contribution in [-0.4, -0.2) is 32.8 Å². The van der Waals surface area contributed by atoms with Crippen molar-refractivity contribution in [2.24, 2.45) is 0 Å². The van der Waals surface area contributed by atoms with E-state index in [4.69, 9.17) is 4.74 Å². The van der Waals surface area contributed by atoms with Crippen molar-refractivity contribution in [3.8, 4) is 5.75 Å². The maximum Gasteiger partial charge on any atom is 0.269 e. The van der Waals surface area contributed by atoms with Crippen molar-refractivity contribution < 1.29 is 9.53 Å². The van der Waals surface area contributed by atoms with Gasteiger partial charge in [0, 0.05) is 5.56 Å². The van der Waals surface area contributed by atoms with E-state index in [9.17, 15) is 4.79 Å². The molecule has 28 heavy (non-hydrogen) atoms. The van der Waals surface area contributed by atoms with Gasteiger partial charge in [0.25, 0.3) is 5.91 Å². The van der Waals surface area contributed by atoms with E-state index in [1.807, 2.05) is 30.3 Å². The quantitative estimate of drug-likeness (QED) is 0.504. The lowest BCUT2D eigenvalue weighted by molar-refractivity contribution is 0.0962. The van der Waals surface area contributed by atoms with Crippen LogP contribution >= 0.6 is 0 Å².